The quantitative estimate of drug-likeness (QED) is 0.494. The molecule has 1 heterocycles. The van der Waals surface area contributed by atoms with Crippen LogP contribution in [-0.2, 0) is 10.9 Å². The Morgan fingerprint density at radius 1 is 1.47 bits per heavy atom. The lowest BCUT2D eigenvalue weighted by Crippen LogP contribution is -2.43. The molecule has 94 valence electrons. The fraction of sp³-hybridized carbons (Fsp3) is 0.400. The molecule has 0 saturated heterocycles. The van der Waals surface area contributed by atoms with Gasteiger partial charge in [0, 0.05) is 17.7 Å². The van der Waals surface area contributed by atoms with E-state index in [0.717, 1.165) is 6.07 Å². The van der Waals surface area contributed by atoms with E-state index in [1.54, 1.807) is 6.92 Å². The van der Waals surface area contributed by atoms with Gasteiger partial charge >= 0.3 is 17.8 Å². The van der Waals surface area contributed by atoms with E-state index in [-0.39, 0.29) is 22.6 Å². The zero-order valence-corrected chi connectivity index (χ0v) is 9.21. The lowest BCUT2D eigenvalue weighted by molar-refractivity contribution is -0.919. The van der Waals surface area contributed by atoms with Crippen LogP contribution in [0.15, 0.2) is 12.1 Å². The van der Waals surface area contributed by atoms with E-state index >= 15 is 0 Å². The summed E-state index contributed by atoms with van der Waals surface area (Å²) in [5, 5.41) is 9.32. The fourth-order valence-electron chi connectivity index (χ4n) is 1.29. The molecular formula is C10H11F3NO3+. The van der Waals surface area contributed by atoms with Crippen LogP contribution >= 0.6 is 0 Å². The summed E-state index contributed by atoms with van der Waals surface area (Å²) in [5.41, 5.74) is -1.58. The number of nitrogens with zero attached hydrogens (tertiary/aromatic N) is 1. The molecule has 17 heavy (non-hydrogen) atoms. The zero-order valence-electron chi connectivity index (χ0n) is 9.21. The number of aromatic nitrogens is 1. The Labute approximate surface area is 95.2 Å². The first-order chi connectivity index (χ1) is 7.79. The van der Waals surface area contributed by atoms with E-state index in [1.165, 1.54) is 6.92 Å². The van der Waals surface area contributed by atoms with E-state index in [2.05, 4.69) is 4.74 Å². The van der Waals surface area contributed by atoms with Gasteiger partial charge in [-0.15, -0.1) is 0 Å². The first kappa shape index (κ1) is 13.3. The third-order valence-electron chi connectivity index (χ3n) is 2.13. The molecule has 0 bridgehead atoms. The summed E-state index contributed by atoms with van der Waals surface area (Å²) in [6.07, 6.45) is -4.69. The number of carbonyl (C=O) groups excluding carboxylic acids is 1. The van der Waals surface area contributed by atoms with Gasteiger partial charge in [-0.25, -0.2) is 4.79 Å². The Balaban J connectivity index is 3.25. The molecular weight excluding hydrogens is 239 g/mol. The molecule has 4 nitrogen and oxygen atoms in total. The van der Waals surface area contributed by atoms with Crippen molar-refractivity contribution in [3.8, 4) is 0 Å². The monoisotopic (exact) mass is 250 g/mol. The zero-order chi connectivity index (χ0) is 13.2. The van der Waals surface area contributed by atoms with Crippen LogP contribution in [0.4, 0.5) is 13.2 Å². The van der Waals surface area contributed by atoms with Gasteiger partial charge in [0.1, 0.15) is 5.56 Å². The van der Waals surface area contributed by atoms with Gasteiger partial charge in [-0.2, -0.15) is 13.2 Å². The Hall–Kier alpha value is -1.79. The van der Waals surface area contributed by atoms with Crippen molar-refractivity contribution in [1.29, 1.82) is 0 Å². The summed E-state index contributed by atoms with van der Waals surface area (Å²) in [7, 11) is 0. The normalized spacial score (nSPS) is 11.4. The topological polar surface area (TPSA) is 50.4 Å². The molecule has 0 spiro atoms. The fourth-order valence-corrected chi connectivity index (χ4v) is 1.29. The Bertz CT molecular complexity index is 443. The first-order valence-electron chi connectivity index (χ1n) is 4.78. The first-order valence-corrected chi connectivity index (χ1v) is 4.78. The smallest absolute Gasteiger partial charge is 0.462 e. The maximum atomic E-state index is 12.4. The average molecular weight is 250 g/mol. The Kier molecular flexibility index (Phi) is 3.59. The maximum absolute atomic E-state index is 12.4. The number of halogens is 3. The van der Waals surface area contributed by atoms with E-state index < -0.39 is 17.8 Å². The van der Waals surface area contributed by atoms with Crippen LogP contribution in [0.5, 0.6) is 0 Å². The van der Waals surface area contributed by atoms with Crippen molar-refractivity contribution in [2.24, 2.45) is 0 Å². The van der Waals surface area contributed by atoms with Crippen molar-refractivity contribution in [1.82, 2.24) is 0 Å². The van der Waals surface area contributed by atoms with Gasteiger partial charge < -0.3 is 4.74 Å². The number of hydrogen-bond acceptors (Lipinski definition) is 3. The predicted octanol–water partition coefficient (Wildman–Crippen LogP) is 1.72. The van der Waals surface area contributed by atoms with E-state index in [9.17, 15) is 23.2 Å². The molecule has 0 aliphatic heterocycles. The third-order valence-corrected chi connectivity index (χ3v) is 2.13. The van der Waals surface area contributed by atoms with Crippen molar-refractivity contribution < 1.29 is 32.6 Å². The SMILES string of the molecule is CCOC(=O)c1ccc(C(F)(F)F)[n+](O)c1C. The summed E-state index contributed by atoms with van der Waals surface area (Å²) in [6.45, 7) is 2.87. The van der Waals surface area contributed by atoms with Crippen molar-refractivity contribution in [3.63, 3.8) is 0 Å². The van der Waals surface area contributed by atoms with Gasteiger partial charge in [-0.3, -0.25) is 5.21 Å². The number of rotatable bonds is 2. The summed E-state index contributed by atoms with van der Waals surface area (Å²) >= 11 is 0. The van der Waals surface area contributed by atoms with E-state index in [4.69, 9.17) is 0 Å². The molecule has 0 amide bonds. The number of alkyl halides is 3. The van der Waals surface area contributed by atoms with Crippen LogP contribution in [0.1, 0.15) is 28.7 Å². The van der Waals surface area contributed by atoms with E-state index in [0.29, 0.717) is 6.07 Å². The molecule has 0 aromatic carbocycles. The molecule has 1 rings (SSSR count). The van der Waals surface area contributed by atoms with E-state index in [1.807, 2.05) is 0 Å². The average Bonchev–Trinajstić information content (AvgIpc) is 2.20. The van der Waals surface area contributed by atoms with Gasteiger partial charge in [0.05, 0.1) is 6.61 Å². The van der Waals surface area contributed by atoms with Crippen LogP contribution in [0, 0.1) is 6.92 Å². The summed E-state index contributed by atoms with van der Waals surface area (Å²) < 4.78 is 41.8. The molecule has 1 aromatic rings. The summed E-state index contributed by atoms with van der Waals surface area (Å²) in [6, 6.07) is 1.60. The highest BCUT2D eigenvalue weighted by Gasteiger charge is 2.43. The molecule has 0 aliphatic carbocycles. The van der Waals surface area contributed by atoms with Crippen molar-refractivity contribution in [3.05, 3.63) is 29.1 Å². The van der Waals surface area contributed by atoms with Crippen molar-refractivity contribution >= 4 is 5.97 Å². The van der Waals surface area contributed by atoms with Gasteiger partial charge in [0.2, 0.25) is 5.69 Å². The van der Waals surface area contributed by atoms with Crippen LogP contribution < -0.4 is 4.73 Å². The lowest BCUT2D eigenvalue weighted by atomic mass is 10.2. The summed E-state index contributed by atoms with van der Waals surface area (Å²) in [4.78, 5) is 11.4. The Morgan fingerprint density at radius 2 is 2.06 bits per heavy atom. The second kappa shape index (κ2) is 4.60. The largest absolute Gasteiger partial charge is 0.482 e. The molecule has 1 N–H and O–H groups in total. The van der Waals surface area contributed by atoms with Crippen LogP contribution in [0.25, 0.3) is 0 Å². The second-order valence-corrected chi connectivity index (χ2v) is 3.25. The molecule has 0 saturated carbocycles. The highest BCUT2D eigenvalue weighted by Crippen LogP contribution is 2.26. The minimum Gasteiger partial charge on any atom is -0.462 e. The number of hydrogen-bond donors (Lipinski definition) is 1. The van der Waals surface area contributed by atoms with Crippen molar-refractivity contribution in [2.45, 2.75) is 20.0 Å². The van der Waals surface area contributed by atoms with Gasteiger partial charge in [0.15, 0.2) is 0 Å². The number of pyridine rings is 1. The van der Waals surface area contributed by atoms with Gasteiger partial charge in [0.25, 0.3) is 0 Å². The molecule has 0 aliphatic rings. The number of esters is 1. The third kappa shape index (κ3) is 2.66. The molecule has 0 fully saturated rings. The van der Waals surface area contributed by atoms with Crippen LogP contribution in [-0.4, -0.2) is 17.8 Å². The van der Waals surface area contributed by atoms with Gasteiger partial charge in [-0.05, 0) is 13.0 Å². The number of ether oxygens (including phenoxy) is 1. The van der Waals surface area contributed by atoms with Crippen molar-refractivity contribution in [2.75, 3.05) is 6.61 Å². The van der Waals surface area contributed by atoms with Crippen LogP contribution in [0.3, 0.4) is 0 Å². The minimum atomic E-state index is -4.69. The number of carbonyl (C=O) groups is 1. The minimum absolute atomic E-state index is 0.0632. The maximum Gasteiger partial charge on any atom is 0.482 e. The Morgan fingerprint density at radius 3 is 2.53 bits per heavy atom. The molecule has 0 atom stereocenters. The standard InChI is InChI=1S/C10H11F3NO3/c1-3-17-9(15)7-4-5-8(10(11,12)13)14(16)6(7)2/h4-5,16H,3H2,1-2H3/q+1. The highest BCUT2D eigenvalue weighted by molar-refractivity contribution is 5.90. The predicted molar refractivity (Wildman–Crippen MR) is 49.5 cm³/mol. The summed E-state index contributed by atoms with van der Waals surface area (Å²) in [5.74, 6) is -0.776. The second-order valence-electron chi connectivity index (χ2n) is 3.25. The van der Waals surface area contributed by atoms with Gasteiger partial charge in [-0.1, -0.05) is 0 Å². The molecule has 0 radical (unpaired) electrons. The molecule has 0 unspecified atom stereocenters. The van der Waals surface area contributed by atoms with Crippen LogP contribution in [0.2, 0.25) is 0 Å². The highest BCUT2D eigenvalue weighted by atomic mass is 19.4. The molecule has 7 heteroatoms. The molecule has 1 aromatic heterocycles. The lowest BCUT2D eigenvalue weighted by Gasteiger charge is -2.06.